The van der Waals surface area contributed by atoms with Gasteiger partial charge in [0.2, 0.25) is 0 Å². The Labute approximate surface area is 89.0 Å². The van der Waals surface area contributed by atoms with Crippen LogP contribution in [-0.4, -0.2) is 9.91 Å². The lowest BCUT2D eigenvalue weighted by atomic mass is 9.94. The number of hydrogen-bond donors (Lipinski definition) is 1. The van der Waals surface area contributed by atoms with Gasteiger partial charge in [-0.1, -0.05) is 24.6 Å². The van der Waals surface area contributed by atoms with Crippen molar-refractivity contribution in [2.24, 2.45) is 10.7 Å². The predicted octanol–water partition coefficient (Wildman–Crippen LogP) is 2.80. The molecule has 0 amide bonds. The number of fused-ring (bicyclic) bond motifs is 1. The minimum atomic E-state index is 0.387. The van der Waals surface area contributed by atoms with Gasteiger partial charge in [0.05, 0.1) is 0 Å². The van der Waals surface area contributed by atoms with E-state index in [1.807, 2.05) is 11.8 Å². The van der Waals surface area contributed by atoms with E-state index < -0.39 is 0 Å². The van der Waals surface area contributed by atoms with Crippen molar-refractivity contribution in [3.8, 4) is 0 Å². The van der Waals surface area contributed by atoms with Crippen LogP contribution in [0.4, 0.5) is 0 Å². The van der Waals surface area contributed by atoms with E-state index in [-0.39, 0.29) is 0 Å². The molecule has 0 bridgehead atoms. The Bertz CT molecular complexity index is 324. The van der Waals surface area contributed by atoms with Gasteiger partial charge in [0.15, 0.2) is 5.17 Å². The van der Waals surface area contributed by atoms with Gasteiger partial charge in [-0.05, 0) is 37.7 Å². The molecule has 1 heterocycles. The van der Waals surface area contributed by atoms with E-state index in [4.69, 9.17) is 5.73 Å². The van der Waals surface area contributed by atoms with Crippen LogP contribution < -0.4 is 5.73 Å². The zero-order valence-electron chi connectivity index (χ0n) is 8.38. The first-order chi connectivity index (χ1) is 6.80. The normalized spacial score (nSPS) is 29.6. The molecular weight excluding hydrogens is 192 g/mol. The minimum Gasteiger partial charge on any atom is -0.378 e. The van der Waals surface area contributed by atoms with Crippen LogP contribution >= 0.6 is 11.8 Å². The van der Waals surface area contributed by atoms with Gasteiger partial charge >= 0.3 is 0 Å². The molecule has 0 radical (unpaired) electrons. The van der Waals surface area contributed by atoms with Gasteiger partial charge in [0, 0.05) is 10.4 Å². The van der Waals surface area contributed by atoms with Crippen LogP contribution in [0.5, 0.6) is 0 Å². The lowest BCUT2D eigenvalue weighted by Crippen LogP contribution is -2.30. The van der Waals surface area contributed by atoms with E-state index in [1.54, 1.807) is 5.57 Å². The highest BCUT2D eigenvalue weighted by atomic mass is 32.2. The van der Waals surface area contributed by atoms with E-state index >= 15 is 0 Å². The number of rotatable bonds is 0. The summed E-state index contributed by atoms with van der Waals surface area (Å²) in [5.74, 6) is 0. The molecule has 3 aliphatic rings. The average Bonchev–Trinajstić information content (AvgIpc) is 2.73. The zero-order valence-corrected chi connectivity index (χ0v) is 9.20. The summed E-state index contributed by atoms with van der Waals surface area (Å²) in [6.07, 6.45) is 9.13. The highest BCUT2D eigenvalue weighted by Crippen LogP contribution is 2.54. The number of amidine groups is 1. The SMILES string of the molecule is NC1=NC2=C(CCC2)C2(CCCC2)S1. The third kappa shape index (κ3) is 1.14. The summed E-state index contributed by atoms with van der Waals surface area (Å²) in [7, 11) is 0. The standard InChI is InChI=1S/C11H16N2S/c12-10-13-9-5-3-4-8(9)11(14-10)6-1-2-7-11/h1-7H2,(H2,12,13). The minimum absolute atomic E-state index is 0.387. The molecule has 1 spiro atoms. The molecule has 2 nitrogen and oxygen atoms in total. The topological polar surface area (TPSA) is 38.4 Å². The zero-order chi connectivity index (χ0) is 9.60. The van der Waals surface area contributed by atoms with Crippen LogP contribution in [0, 0.1) is 0 Å². The van der Waals surface area contributed by atoms with Crippen LogP contribution in [0.3, 0.4) is 0 Å². The number of aliphatic imine (C=N–C) groups is 1. The molecule has 3 heteroatoms. The maximum Gasteiger partial charge on any atom is 0.159 e. The summed E-state index contributed by atoms with van der Waals surface area (Å²) in [4.78, 5) is 4.50. The molecule has 76 valence electrons. The maximum absolute atomic E-state index is 5.92. The van der Waals surface area contributed by atoms with Gasteiger partial charge in [-0.15, -0.1) is 0 Å². The monoisotopic (exact) mass is 208 g/mol. The third-order valence-corrected chi connectivity index (χ3v) is 5.04. The molecule has 1 fully saturated rings. The average molecular weight is 208 g/mol. The highest BCUT2D eigenvalue weighted by molar-refractivity contribution is 8.15. The van der Waals surface area contributed by atoms with Crippen molar-refractivity contribution in [3.05, 3.63) is 11.3 Å². The van der Waals surface area contributed by atoms with Crippen molar-refractivity contribution < 1.29 is 0 Å². The van der Waals surface area contributed by atoms with E-state index in [1.165, 1.54) is 50.6 Å². The lowest BCUT2D eigenvalue weighted by molar-refractivity contribution is 0.673. The first kappa shape index (κ1) is 8.84. The van der Waals surface area contributed by atoms with E-state index in [0.29, 0.717) is 4.75 Å². The number of thioether (sulfide) groups is 1. The molecule has 0 atom stereocenters. The first-order valence-electron chi connectivity index (χ1n) is 5.56. The molecule has 0 saturated heterocycles. The smallest absolute Gasteiger partial charge is 0.159 e. The fourth-order valence-electron chi connectivity index (χ4n) is 3.11. The van der Waals surface area contributed by atoms with Gasteiger partial charge in [-0.25, -0.2) is 4.99 Å². The summed E-state index contributed by atoms with van der Waals surface area (Å²) in [5.41, 5.74) is 8.91. The van der Waals surface area contributed by atoms with Crippen molar-refractivity contribution in [1.29, 1.82) is 0 Å². The van der Waals surface area contributed by atoms with Gasteiger partial charge in [0.1, 0.15) is 0 Å². The summed E-state index contributed by atoms with van der Waals surface area (Å²) < 4.78 is 0.387. The molecule has 0 unspecified atom stereocenters. The summed E-state index contributed by atoms with van der Waals surface area (Å²) >= 11 is 1.84. The Morgan fingerprint density at radius 2 is 1.93 bits per heavy atom. The number of allylic oxidation sites excluding steroid dienone is 1. The Morgan fingerprint density at radius 1 is 1.14 bits per heavy atom. The number of nitrogens with two attached hydrogens (primary N) is 1. The van der Waals surface area contributed by atoms with Gasteiger partial charge in [-0.2, -0.15) is 0 Å². The van der Waals surface area contributed by atoms with Crippen molar-refractivity contribution in [2.45, 2.75) is 49.7 Å². The Balaban J connectivity index is 2.04. The highest BCUT2D eigenvalue weighted by Gasteiger charge is 2.43. The van der Waals surface area contributed by atoms with Crippen LogP contribution in [0.2, 0.25) is 0 Å². The fourth-order valence-corrected chi connectivity index (χ4v) is 4.50. The second-order valence-electron chi connectivity index (χ2n) is 4.53. The second kappa shape index (κ2) is 3.02. The van der Waals surface area contributed by atoms with Crippen molar-refractivity contribution in [3.63, 3.8) is 0 Å². The first-order valence-corrected chi connectivity index (χ1v) is 6.37. The Kier molecular flexibility index (Phi) is 1.91. The van der Waals surface area contributed by atoms with Crippen LogP contribution in [-0.2, 0) is 0 Å². The van der Waals surface area contributed by atoms with Crippen molar-refractivity contribution in [1.82, 2.24) is 0 Å². The predicted molar refractivity (Wildman–Crippen MR) is 61.3 cm³/mol. The van der Waals surface area contributed by atoms with Gasteiger partial charge in [0.25, 0.3) is 0 Å². The van der Waals surface area contributed by atoms with Crippen molar-refractivity contribution >= 4 is 16.9 Å². The lowest BCUT2D eigenvalue weighted by Gasteiger charge is -2.33. The molecule has 1 saturated carbocycles. The number of hydrogen-bond acceptors (Lipinski definition) is 3. The fraction of sp³-hybridized carbons (Fsp3) is 0.727. The summed E-state index contributed by atoms with van der Waals surface area (Å²) in [5, 5.41) is 0.813. The Hall–Kier alpha value is -0.440. The van der Waals surface area contributed by atoms with Crippen LogP contribution in [0.1, 0.15) is 44.9 Å². The molecule has 0 aromatic carbocycles. The third-order valence-electron chi connectivity index (χ3n) is 3.70. The van der Waals surface area contributed by atoms with Gasteiger partial charge in [-0.3, -0.25) is 0 Å². The Morgan fingerprint density at radius 3 is 2.71 bits per heavy atom. The molecule has 0 aromatic heterocycles. The largest absolute Gasteiger partial charge is 0.378 e. The number of nitrogens with zero attached hydrogens (tertiary/aromatic N) is 1. The van der Waals surface area contributed by atoms with Gasteiger partial charge < -0.3 is 5.73 Å². The maximum atomic E-state index is 5.92. The van der Waals surface area contributed by atoms with E-state index in [0.717, 1.165) is 5.17 Å². The molecule has 1 aliphatic heterocycles. The van der Waals surface area contributed by atoms with Crippen LogP contribution in [0.15, 0.2) is 16.3 Å². The van der Waals surface area contributed by atoms with Crippen molar-refractivity contribution in [2.75, 3.05) is 0 Å². The van der Waals surface area contributed by atoms with E-state index in [2.05, 4.69) is 4.99 Å². The summed E-state index contributed by atoms with van der Waals surface area (Å²) in [6.45, 7) is 0. The molecule has 3 rings (SSSR count). The molecule has 14 heavy (non-hydrogen) atoms. The molecule has 0 aromatic rings. The van der Waals surface area contributed by atoms with Crippen LogP contribution in [0.25, 0.3) is 0 Å². The second-order valence-corrected chi connectivity index (χ2v) is 5.94. The molecule has 2 N–H and O–H groups in total. The quantitative estimate of drug-likeness (QED) is 0.664. The molecule has 2 aliphatic carbocycles. The molecular formula is C11H16N2S. The van der Waals surface area contributed by atoms with E-state index in [9.17, 15) is 0 Å². The summed E-state index contributed by atoms with van der Waals surface area (Å²) in [6, 6.07) is 0.